The first-order valence-corrected chi connectivity index (χ1v) is 15.6. The minimum absolute atomic E-state index is 0.250. The van der Waals surface area contributed by atoms with Gasteiger partial charge >= 0.3 is 0 Å². The molecular weight excluding hydrogens is 594 g/mol. The van der Waals surface area contributed by atoms with Crippen LogP contribution in [0.25, 0.3) is 0 Å². The highest BCUT2D eigenvalue weighted by Gasteiger charge is 1.89. The molecule has 3 aromatic heterocycles. The summed E-state index contributed by atoms with van der Waals surface area (Å²) < 4.78 is 14.7. The van der Waals surface area contributed by atoms with E-state index in [4.69, 9.17) is 13.6 Å². The van der Waals surface area contributed by atoms with Crippen LogP contribution in [-0.2, 0) is 38.4 Å². The average molecular weight is 650 g/mol. The van der Waals surface area contributed by atoms with Gasteiger partial charge in [-0.2, -0.15) is 0 Å². The van der Waals surface area contributed by atoms with Crippen molar-refractivity contribution in [2.45, 2.75) is 86.5 Å². The quantitative estimate of drug-likeness (QED) is 0.134. The summed E-state index contributed by atoms with van der Waals surface area (Å²) in [5, 5.41) is 0. The van der Waals surface area contributed by atoms with Gasteiger partial charge in [-0.3, -0.25) is 4.79 Å². The van der Waals surface area contributed by atoms with Gasteiger partial charge in [0.25, 0.3) is 0 Å². The number of nitrogens with two attached hydrogens (primary N) is 1. The molecule has 0 bridgehead atoms. The summed E-state index contributed by atoms with van der Waals surface area (Å²) in [5.41, 5.74) is 6.53. The van der Waals surface area contributed by atoms with Gasteiger partial charge in [-0.15, -0.1) is 0 Å². The molecule has 0 unspecified atom stereocenters. The summed E-state index contributed by atoms with van der Waals surface area (Å²) in [4.78, 5) is 38.1. The van der Waals surface area contributed by atoms with Gasteiger partial charge in [0.05, 0.1) is 25.1 Å². The zero-order valence-corrected chi connectivity index (χ0v) is 29.0. The van der Waals surface area contributed by atoms with Crippen molar-refractivity contribution < 1.29 is 32.4 Å². The van der Waals surface area contributed by atoms with Gasteiger partial charge in [0, 0.05) is 32.1 Å². The van der Waals surface area contributed by atoms with Crippen LogP contribution in [0.1, 0.15) is 84.3 Å². The lowest BCUT2D eigenvalue weighted by molar-refractivity contribution is -0.117. The number of rotatable bonds is 10. The van der Waals surface area contributed by atoms with Crippen molar-refractivity contribution in [3.8, 4) is 0 Å². The number of aryl methyl sites for hydroxylation is 1. The molecule has 0 saturated heterocycles. The molecular formula is C39H55NO7. The normalized spacial score (nSPS) is 8.72. The number of allylic oxidation sites excluding steroid dienone is 4. The topological polar surface area (TPSA) is 134 Å². The number of aldehydes is 2. The molecule has 3 heterocycles. The van der Waals surface area contributed by atoms with Crippen LogP contribution in [0.4, 0.5) is 0 Å². The second kappa shape index (κ2) is 39.0. The Hall–Kier alpha value is -4.98. The second-order valence-electron chi connectivity index (χ2n) is 9.48. The lowest BCUT2D eigenvalue weighted by Crippen LogP contribution is -1.86. The van der Waals surface area contributed by atoms with Crippen LogP contribution in [0, 0.1) is 0 Å². The SMILES string of the molecule is CC(=O)CCC=C(C)C.CCC=CCc1ccco1.CCC=O.CCc1ccco1.NC=O.O=CCc1ccccc1.c1ccoc1. The highest BCUT2D eigenvalue weighted by molar-refractivity contribution is 5.75. The van der Waals surface area contributed by atoms with E-state index >= 15 is 0 Å². The molecule has 4 rings (SSSR count). The molecule has 0 aliphatic carbocycles. The van der Waals surface area contributed by atoms with Crippen LogP contribution in [0.15, 0.2) is 129 Å². The number of carbonyl (C=O) groups excluding carboxylic acids is 4. The molecule has 0 saturated carbocycles. The summed E-state index contributed by atoms with van der Waals surface area (Å²) in [6.07, 6.45) is 20.8. The van der Waals surface area contributed by atoms with Crippen LogP contribution >= 0.6 is 0 Å². The fourth-order valence-electron chi connectivity index (χ4n) is 2.81. The van der Waals surface area contributed by atoms with Gasteiger partial charge < -0.3 is 33.4 Å². The van der Waals surface area contributed by atoms with Crippen molar-refractivity contribution in [1.82, 2.24) is 0 Å². The Morgan fingerprint density at radius 2 is 1.23 bits per heavy atom. The van der Waals surface area contributed by atoms with Crippen molar-refractivity contribution in [1.29, 1.82) is 0 Å². The van der Waals surface area contributed by atoms with Gasteiger partial charge in [0.1, 0.15) is 29.9 Å². The average Bonchev–Trinajstić information content (AvgIpc) is 3.89. The molecule has 0 atom stereocenters. The highest BCUT2D eigenvalue weighted by Crippen LogP contribution is 2.01. The smallest absolute Gasteiger partial charge is 0.204 e. The summed E-state index contributed by atoms with van der Waals surface area (Å²) in [6, 6.07) is 21.1. The van der Waals surface area contributed by atoms with Gasteiger partial charge in [-0.1, -0.05) is 74.9 Å². The van der Waals surface area contributed by atoms with Crippen LogP contribution < -0.4 is 5.73 Å². The lowest BCUT2D eigenvalue weighted by atomic mass is 10.2. The molecule has 1 amide bonds. The fourth-order valence-corrected chi connectivity index (χ4v) is 2.81. The Bertz CT molecular complexity index is 1200. The molecule has 0 aliphatic rings. The van der Waals surface area contributed by atoms with Gasteiger partial charge in [0.2, 0.25) is 6.41 Å². The fraction of sp³-hybridized carbons (Fsp3) is 0.333. The Kier molecular flexibility index (Phi) is 38.6. The number of furan rings is 3. The van der Waals surface area contributed by atoms with E-state index in [0.29, 0.717) is 19.3 Å². The highest BCUT2D eigenvalue weighted by atomic mass is 16.3. The maximum atomic E-state index is 10.4. The molecule has 2 N–H and O–H groups in total. The summed E-state index contributed by atoms with van der Waals surface area (Å²) in [5.74, 6) is 2.36. The number of ketones is 1. The molecule has 0 radical (unpaired) electrons. The summed E-state index contributed by atoms with van der Waals surface area (Å²) in [7, 11) is 0. The zero-order chi connectivity index (χ0) is 35.8. The summed E-state index contributed by atoms with van der Waals surface area (Å²) in [6.45, 7) is 11.7. The third-order valence-electron chi connectivity index (χ3n) is 5.03. The molecule has 8 nitrogen and oxygen atoms in total. The van der Waals surface area contributed by atoms with Crippen LogP contribution in [0.5, 0.6) is 0 Å². The zero-order valence-electron chi connectivity index (χ0n) is 29.0. The first-order valence-electron chi connectivity index (χ1n) is 15.6. The molecule has 0 aliphatic heterocycles. The van der Waals surface area contributed by atoms with E-state index in [1.807, 2.05) is 87.5 Å². The van der Waals surface area contributed by atoms with Gasteiger partial charge in [0.15, 0.2) is 0 Å². The maximum absolute atomic E-state index is 10.4. The van der Waals surface area contributed by atoms with Crippen molar-refractivity contribution in [2.75, 3.05) is 0 Å². The predicted octanol–water partition coefficient (Wildman–Crippen LogP) is 9.36. The van der Waals surface area contributed by atoms with E-state index in [1.165, 1.54) is 5.57 Å². The van der Waals surface area contributed by atoms with E-state index in [9.17, 15) is 14.4 Å². The van der Waals surface area contributed by atoms with Crippen molar-refractivity contribution in [2.24, 2.45) is 5.73 Å². The number of hydrogen-bond donors (Lipinski definition) is 1. The summed E-state index contributed by atoms with van der Waals surface area (Å²) >= 11 is 0. The molecule has 4 aromatic rings. The molecule has 1 aromatic carbocycles. The monoisotopic (exact) mass is 649 g/mol. The first-order chi connectivity index (χ1) is 22.7. The van der Waals surface area contributed by atoms with Crippen molar-refractivity contribution >= 4 is 24.8 Å². The van der Waals surface area contributed by atoms with E-state index in [2.05, 4.69) is 42.2 Å². The minimum atomic E-state index is 0.250. The van der Waals surface area contributed by atoms with Crippen molar-refractivity contribution in [3.63, 3.8) is 0 Å². The maximum Gasteiger partial charge on any atom is 0.204 e. The van der Waals surface area contributed by atoms with E-state index in [0.717, 1.165) is 55.3 Å². The van der Waals surface area contributed by atoms with E-state index in [1.54, 1.807) is 32.0 Å². The Labute approximate surface area is 281 Å². The third kappa shape index (κ3) is 41.0. The van der Waals surface area contributed by atoms with Gasteiger partial charge in [-0.25, -0.2) is 0 Å². The number of primary amides is 1. The van der Waals surface area contributed by atoms with Crippen LogP contribution in [0.3, 0.4) is 0 Å². The third-order valence-corrected chi connectivity index (χ3v) is 5.03. The lowest BCUT2D eigenvalue weighted by Gasteiger charge is -1.89. The predicted molar refractivity (Wildman–Crippen MR) is 191 cm³/mol. The number of benzene rings is 1. The largest absolute Gasteiger partial charge is 0.473 e. The van der Waals surface area contributed by atoms with E-state index in [-0.39, 0.29) is 12.2 Å². The number of carbonyl (C=O) groups is 4. The van der Waals surface area contributed by atoms with Crippen LogP contribution in [-0.4, -0.2) is 24.8 Å². The van der Waals surface area contributed by atoms with Crippen LogP contribution in [0.2, 0.25) is 0 Å². The number of amides is 1. The minimum Gasteiger partial charge on any atom is -0.473 e. The van der Waals surface area contributed by atoms with E-state index < -0.39 is 0 Å². The Balaban J connectivity index is -0.000000496. The van der Waals surface area contributed by atoms with Crippen molar-refractivity contribution in [3.05, 3.63) is 133 Å². The van der Waals surface area contributed by atoms with Gasteiger partial charge in [-0.05, 0) is 75.6 Å². The molecule has 47 heavy (non-hydrogen) atoms. The number of hydrogen-bond acceptors (Lipinski definition) is 7. The first kappa shape index (κ1) is 46.4. The standard InChI is InChI=1S/C9H12O.C8H8O.C8H14O.C6H8O.C4H4O.C3H6O.CH3NO/c1-2-3-4-6-9-7-5-8-10-9;9-7-6-8-4-2-1-3-5-8;1-7(2)5-4-6-8(3)9;1-2-6-4-3-5-7-6;1-2-4-5-3-1;1-2-3-4;2-1-3/h3-5,7-8H,2,6H2,1H3;1-5,7H,6H2;5H,4,6H2,1-3H3;3-5H,2H2,1H3;1-4H;3H,2H2,1H3;1H,(H2,2,3). The Morgan fingerprint density at radius 3 is 1.57 bits per heavy atom. The molecule has 258 valence electrons. The number of Topliss-reactive ketones (excluding diaryl/α,β-unsaturated/α-hetero) is 1. The molecule has 8 heteroatoms. The Morgan fingerprint density at radius 1 is 0.681 bits per heavy atom. The molecule has 0 spiro atoms. The second-order valence-corrected chi connectivity index (χ2v) is 9.48. The molecule has 0 fully saturated rings.